The molecular formula is C24H18Cl2N4O3. The summed E-state index contributed by atoms with van der Waals surface area (Å²) >= 11 is 12.1. The van der Waals surface area contributed by atoms with Crippen LogP contribution < -0.4 is 10.6 Å². The van der Waals surface area contributed by atoms with Gasteiger partial charge in [-0.15, -0.1) is 0 Å². The third-order valence-electron chi connectivity index (χ3n) is 4.97. The number of fused-ring (bicyclic) bond motifs is 1. The first kappa shape index (κ1) is 22.5. The van der Waals surface area contributed by atoms with E-state index in [1.54, 1.807) is 30.3 Å². The minimum absolute atomic E-state index is 0.202. The van der Waals surface area contributed by atoms with Gasteiger partial charge in [0.05, 0.1) is 21.2 Å². The third-order valence-corrected chi connectivity index (χ3v) is 5.54. The second-order valence-electron chi connectivity index (χ2n) is 7.26. The van der Waals surface area contributed by atoms with Gasteiger partial charge in [0.25, 0.3) is 5.91 Å². The molecule has 2 heterocycles. The summed E-state index contributed by atoms with van der Waals surface area (Å²) in [7, 11) is 0. The Kier molecular flexibility index (Phi) is 6.72. The predicted octanol–water partition coefficient (Wildman–Crippen LogP) is 5.30. The number of carboxylic acid groups (broad SMARTS) is 1. The number of amides is 1. The summed E-state index contributed by atoms with van der Waals surface area (Å²) in [6, 6.07) is 17.0. The van der Waals surface area contributed by atoms with Gasteiger partial charge in [-0.2, -0.15) is 0 Å². The molecule has 0 saturated heterocycles. The Labute approximate surface area is 199 Å². The zero-order chi connectivity index (χ0) is 23.4. The highest BCUT2D eigenvalue weighted by Gasteiger charge is 2.19. The number of aliphatic carboxylic acids is 1. The molecule has 0 aliphatic carbocycles. The molecule has 0 radical (unpaired) electrons. The molecule has 2 aromatic heterocycles. The van der Waals surface area contributed by atoms with Crippen LogP contribution in [-0.2, 0) is 11.2 Å². The summed E-state index contributed by atoms with van der Waals surface area (Å²) in [5.74, 6) is -0.929. The van der Waals surface area contributed by atoms with Crippen molar-refractivity contribution in [3.05, 3.63) is 94.2 Å². The van der Waals surface area contributed by atoms with Gasteiger partial charge in [0.2, 0.25) is 0 Å². The minimum atomic E-state index is -1.01. The average molecular weight is 481 g/mol. The maximum absolute atomic E-state index is 12.5. The van der Waals surface area contributed by atoms with E-state index in [2.05, 4.69) is 20.6 Å². The highest BCUT2D eigenvalue weighted by molar-refractivity contribution is 6.39. The summed E-state index contributed by atoms with van der Waals surface area (Å²) in [6.45, 7) is 0. The fraction of sp³-hybridized carbons (Fsp3) is 0.0833. The minimum Gasteiger partial charge on any atom is -0.480 e. The van der Waals surface area contributed by atoms with E-state index in [1.807, 2.05) is 30.3 Å². The van der Waals surface area contributed by atoms with E-state index in [0.29, 0.717) is 11.4 Å². The van der Waals surface area contributed by atoms with Crippen molar-refractivity contribution in [2.24, 2.45) is 0 Å². The number of hydrogen-bond acceptors (Lipinski definition) is 5. The van der Waals surface area contributed by atoms with Crippen molar-refractivity contribution in [3.8, 4) is 0 Å². The van der Waals surface area contributed by atoms with Crippen molar-refractivity contribution in [2.45, 2.75) is 12.5 Å². The second kappa shape index (κ2) is 9.85. The highest BCUT2D eigenvalue weighted by atomic mass is 35.5. The van der Waals surface area contributed by atoms with Gasteiger partial charge >= 0.3 is 5.97 Å². The number of para-hydroxylation sites is 1. The Morgan fingerprint density at radius 2 is 1.64 bits per heavy atom. The van der Waals surface area contributed by atoms with Gasteiger partial charge in [0, 0.05) is 29.8 Å². The SMILES string of the molecule is O=C(Nc1c(Cl)cncc1Cl)c1ccc(CC(Nc2ccc3ccccc3n2)C(=O)O)cc1. The van der Waals surface area contributed by atoms with E-state index in [1.165, 1.54) is 12.4 Å². The smallest absolute Gasteiger partial charge is 0.326 e. The average Bonchev–Trinajstić information content (AvgIpc) is 2.81. The lowest BCUT2D eigenvalue weighted by molar-refractivity contribution is -0.137. The maximum atomic E-state index is 12.5. The van der Waals surface area contributed by atoms with Gasteiger partial charge in [-0.05, 0) is 35.9 Å². The van der Waals surface area contributed by atoms with Crippen LogP contribution in [-0.4, -0.2) is 33.0 Å². The number of benzene rings is 2. The summed E-state index contributed by atoms with van der Waals surface area (Å²) in [4.78, 5) is 32.7. The molecule has 0 aliphatic heterocycles. The fourth-order valence-electron chi connectivity index (χ4n) is 3.27. The molecule has 166 valence electrons. The van der Waals surface area contributed by atoms with Crippen molar-refractivity contribution < 1.29 is 14.7 Å². The summed E-state index contributed by atoms with van der Waals surface area (Å²) < 4.78 is 0. The van der Waals surface area contributed by atoms with Gasteiger partial charge in [0.15, 0.2) is 0 Å². The lowest BCUT2D eigenvalue weighted by Crippen LogP contribution is -2.31. The number of carboxylic acids is 1. The van der Waals surface area contributed by atoms with Crippen LogP contribution in [0.5, 0.6) is 0 Å². The maximum Gasteiger partial charge on any atom is 0.326 e. The van der Waals surface area contributed by atoms with Crippen LogP contribution in [0.3, 0.4) is 0 Å². The molecule has 4 aromatic rings. The van der Waals surface area contributed by atoms with Crippen LogP contribution in [0, 0.1) is 0 Å². The molecule has 0 aliphatic rings. The Morgan fingerprint density at radius 3 is 2.33 bits per heavy atom. The monoisotopic (exact) mass is 480 g/mol. The molecule has 3 N–H and O–H groups in total. The number of nitrogens with one attached hydrogen (secondary N) is 2. The van der Waals surface area contributed by atoms with E-state index >= 15 is 0 Å². The van der Waals surface area contributed by atoms with Crippen molar-refractivity contribution in [1.29, 1.82) is 0 Å². The van der Waals surface area contributed by atoms with Crippen LogP contribution in [0.25, 0.3) is 10.9 Å². The first-order chi connectivity index (χ1) is 15.9. The molecule has 0 saturated carbocycles. The zero-order valence-electron chi connectivity index (χ0n) is 17.1. The van der Waals surface area contributed by atoms with Crippen molar-refractivity contribution in [2.75, 3.05) is 10.6 Å². The standard InChI is InChI=1S/C24H18Cl2N4O3/c25-17-12-27-13-18(26)22(17)30-23(31)16-7-5-14(6-8-16)11-20(24(32)33)29-21-10-9-15-3-1-2-4-19(15)28-21/h1-10,12-13,20H,11H2,(H,28,29)(H,32,33)(H,27,30,31). The van der Waals surface area contributed by atoms with E-state index in [0.717, 1.165) is 16.5 Å². The first-order valence-electron chi connectivity index (χ1n) is 9.95. The summed E-state index contributed by atoms with van der Waals surface area (Å²) in [5.41, 5.74) is 2.17. The number of pyridine rings is 2. The number of halogens is 2. The number of nitrogens with zero attached hydrogens (tertiary/aromatic N) is 2. The second-order valence-corrected chi connectivity index (χ2v) is 8.07. The Balaban J connectivity index is 1.45. The molecule has 9 heteroatoms. The Morgan fingerprint density at radius 1 is 0.939 bits per heavy atom. The molecule has 2 aromatic carbocycles. The van der Waals surface area contributed by atoms with E-state index in [-0.39, 0.29) is 22.2 Å². The Hall–Kier alpha value is -3.68. The molecule has 1 amide bonds. The topological polar surface area (TPSA) is 104 Å². The quantitative estimate of drug-likeness (QED) is 0.331. The molecule has 0 spiro atoms. The van der Waals surface area contributed by atoms with Crippen LogP contribution >= 0.6 is 23.2 Å². The zero-order valence-corrected chi connectivity index (χ0v) is 18.6. The molecular weight excluding hydrogens is 463 g/mol. The molecule has 1 unspecified atom stereocenters. The molecule has 7 nitrogen and oxygen atoms in total. The van der Waals surface area contributed by atoms with Crippen molar-refractivity contribution >= 4 is 57.5 Å². The molecule has 4 rings (SSSR count). The van der Waals surface area contributed by atoms with Crippen LogP contribution in [0.2, 0.25) is 10.0 Å². The first-order valence-corrected chi connectivity index (χ1v) is 10.7. The summed E-state index contributed by atoms with van der Waals surface area (Å²) in [5, 5.41) is 16.7. The molecule has 33 heavy (non-hydrogen) atoms. The van der Waals surface area contributed by atoms with Crippen LogP contribution in [0.4, 0.5) is 11.5 Å². The number of rotatable bonds is 7. The third kappa shape index (κ3) is 5.39. The lowest BCUT2D eigenvalue weighted by Gasteiger charge is -2.16. The number of anilines is 2. The number of carbonyl (C=O) groups is 2. The number of aromatic nitrogens is 2. The van der Waals surface area contributed by atoms with E-state index in [9.17, 15) is 14.7 Å². The van der Waals surface area contributed by atoms with E-state index < -0.39 is 17.9 Å². The van der Waals surface area contributed by atoms with Gasteiger partial charge in [0.1, 0.15) is 11.9 Å². The van der Waals surface area contributed by atoms with Crippen molar-refractivity contribution in [1.82, 2.24) is 9.97 Å². The lowest BCUT2D eigenvalue weighted by atomic mass is 10.0. The normalized spacial score (nSPS) is 11.7. The van der Waals surface area contributed by atoms with Gasteiger partial charge in [-0.25, -0.2) is 9.78 Å². The van der Waals surface area contributed by atoms with Crippen molar-refractivity contribution in [3.63, 3.8) is 0 Å². The van der Waals surface area contributed by atoms with Crippen LogP contribution in [0.1, 0.15) is 15.9 Å². The van der Waals surface area contributed by atoms with Gasteiger partial charge in [-0.3, -0.25) is 9.78 Å². The number of hydrogen-bond donors (Lipinski definition) is 3. The van der Waals surface area contributed by atoms with Gasteiger partial charge in [-0.1, -0.05) is 53.5 Å². The van der Waals surface area contributed by atoms with E-state index in [4.69, 9.17) is 23.2 Å². The fourth-order valence-corrected chi connectivity index (χ4v) is 3.73. The van der Waals surface area contributed by atoms with Gasteiger partial charge < -0.3 is 15.7 Å². The summed E-state index contributed by atoms with van der Waals surface area (Å²) in [6.07, 6.45) is 2.97. The Bertz CT molecular complexity index is 1310. The molecule has 0 bridgehead atoms. The number of carbonyl (C=O) groups excluding carboxylic acids is 1. The molecule has 0 fully saturated rings. The highest BCUT2D eigenvalue weighted by Crippen LogP contribution is 2.29. The largest absolute Gasteiger partial charge is 0.480 e. The molecule has 1 atom stereocenters. The predicted molar refractivity (Wildman–Crippen MR) is 129 cm³/mol. The van der Waals surface area contributed by atoms with Crippen LogP contribution in [0.15, 0.2) is 73.1 Å².